The van der Waals surface area contributed by atoms with Gasteiger partial charge in [-0.15, -0.1) is 0 Å². The van der Waals surface area contributed by atoms with Crippen LogP contribution in [0, 0.1) is 11.2 Å². The van der Waals surface area contributed by atoms with Crippen molar-refractivity contribution in [1.29, 1.82) is 0 Å². The molecule has 50 heavy (non-hydrogen) atoms. The molecule has 4 aromatic carbocycles. The van der Waals surface area contributed by atoms with Crippen LogP contribution in [0.1, 0.15) is 92.4 Å². The van der Waals surface area contributed by atoms with Gasteiger partial charge in [0.2, 0.25) is 11.8 Å². The largest absolute Gasteiger partial charge is 0.496 e. The lowest BCUT2D eigenvalue weighted by atomic mass is 9.68. The molecule has 1 saturated carbocycles. The maximum Gasteiger partial charge on any atom is 0.252 e. The van der Waals surface area contributed by atoms with Gasteiger partial charge in [0.25, 0.3) is 5.91 Å². The van der Waals surface area contributed by atoms with Crippen molar-refractivity contribution in [1.82, 2.24) is 15.5 Å². The van der Waals surface area contributed by atoms with Gasteiger partial charge < -0.3 is 20.3 Å². The monoisotopic (exact) mass is 677 g/mol. The summed E-state index contributed by atoms with van der Waals surface area (Å²) in [6, 6.07) is 28.1. The van der Waals surface area contributed by atoms with Crippen LogP contribution in [-0.2, 0) is 16.1 Å². The molecule has 0 unspecified atom stereocenters. The summed E-state index contributed by atoms with van der Waals surface area (Å²) in [6.07, 6.45) is 2.22. The van der Waals surface area contributed by atoms with Crippen molar-refractivity contribution in [2.75, 3.05) is 14.2 Å². The molecule has 0 aliphatic heterocycles. The van der Waals surface area contributed by atoms with Crippen LogP contribution in [0.2, 0.25) is 0 Å². The Labute approximate surface area is 295 Å². The molecular formula is C42H48FN3O4. The average Bonchev–Trinajstić information content (AvgIpc) is 3.12. The van der Waals surface area contributed by atoms with Crippen LogP contribution >= 0.6 is 0 Å². The second kappa shape index (κ2) is 15.3. The molecule has 5 rings (SSSR count). The van der Waals surface area contributed by atoms with E-state index in [-0.39, 0.29) is 30.1 Å². The molecule has 4 aromatic rings. The summed E-state index contributed by atoms with van der Waals surface area (Å²) < 4.78 is 19.2. The van der Waals surface area contributed by atoms with Crippen LogP contribution in [-0.4, -0.2) is 42.3 Å². The Bertz CT molecular complexity index is 1800. The topological polar surface area (TPSA) is 87.7 Å². The lowest BCUT2D eigenvalue weighted by Gasteiger charge is -2.43. The fraction of sp³-hybridized carbons (Fsp3) is 0.357. The van der Waals surface area contributed by atoms with Gasteiger partial charge >= 0.3 is 0 Å². The van der Waals surface area contributed by atoms with E-state index in [2.05, 4.69) is 36.6 Å². The predicted octanol–water partition coefficient (Wildman–Crippen LogP) is 8.21. The standard InChI is InChI=1S/C42H48FN3O4/c1-28(2)30-17-19-31(20-18-30)36-34(13-10-14-35(36)50-6)38(47)45-42(4)25-23-41(3,24-26-42)40(49)44-37(32-11-8-7-9-12-32)39(48)46(5)27-29-15-21-33(43)22-16-29/h7-22,28,37H,23-27H2,1-6H3,(H,44,49)(H,45,47)/t37-,41?,42?/m0/s1. The zero-order valence-corrected chi connectivity index (χ0v) is 29.9. The van der Waals surface area contributed by atoms with Crippen LogP contribution in [0.3, 0.4) is 0 Å². The van der Waals surface area contributed by atoms with Crippen LogP contribution < -0.4 is 15.4 Å². The second-order valence-corrected chi connectivity index (χ2v) is 14.4. The molecule has 2 N–H and O–H groups in total. The van der Waals surface area contributed by atoms with Gasteiger partial charge in [-0.05, 0) is 85.0 Å². The number of methoxy groups -OCH3 is 1. The number of nitrogens with one attached hydrogen (secondary N) is 2. The molecule has 1 fully saturated rings. The molecule has 0 spiro atoms. The van der Waals surface area contributed by atoms with Crippen molar-refractivity contribution in [2.45, 2.75) is 77.4 Å². The first kappa shape index (κ1) is 36.3. The summed E-state index contributed by atoms with van der Waals surface area (Å²) in [5, 5.41) is 6.37. The quantitative estimate of drug-likeness (QED) is 0.168. The molecule has 1 atom stereocenters. The van der Waals surface area contributed by atoms with E-state index in [9.17, 15) is 18.8 Å². The highest BCUT2D eigenvalue weighted by atomic mass is 19.1. The van der Waals surface area contributed by atoms with E-state index < -0.39 is 17.0 Å². The van der Waals surface area contributed by atoms with Crippen LogP contribution in [0.5, 0.6) is 5.75 Å². The summed E-state index contributed by atoms with van der Waals surface area (Å²) in [4.78, 5) is 43.3. The minimum atomic E-state index is -0.889. The highest BCUT2D eigenvalue weighted by Crippen LogP contribution is 2.42. The molecule has 1 aliphatic rings. The zero-order chi connectivity index (χ0) is 36.1. The third-order valence-electron chi connectivity index (χ3n) is 10.1. The number of rotatable bonds is 11. The van der Waals surface area contributed by atoms with Gasteiger partial charge in [-0.3, -0.25) is 14.4 Å². The number of hydrogen-bond acceptors (Lipinski definition) is 4. The maximum absolute atomic E-state index is 14.0. The van der Waals surface area contributed by atoms with Gasteiger partial charge in [-0.25, -0.2) is 4.39 Å². The molecule has 8 heteroatoms. The first-order valence-electron chi connectivity index (χ1n) is 17.3. The van der Waals surface area contributed by atoms with Gasteiger partial charge in [0.05, 0.1) is 12.7 Å². The first-order chi connectivity index (χ1) is 23.8. The predicted molar refractivity (Wildman–Crippen MR) is 195 cm³/mol. The number of hydrogen-bond donors (Lipinski definition) is 2. The normalized spacial score (nSPS) is 19.4. The summed E-state index contributed by atoms with van der Waals surface area (Å²) in [5.74, 6) is 0.00924. The lowest BCUT2D eigenvalue weighted by Crippen LogP contribution is -2.53. The molecule has 262 valence electrons. The fourth-order valence-corrected chi connectivity index (χ4v) is 6.67. The van der Waals surface area contributed by atoms with E-state index in [0.717, 1.165) is 16.7 Å². The van der Waals surface area contributed by atoms with Crippen molar-refractivity contribution < 1.29 is 23.5 Å². The van der Waals surface area contributed by atoms with Crippen LogP contribution in [0.15, 0.2) is 97.1 Å². The Kier molecular flexibility index (Phi) is 11.1. The molecule has 0 saturated heterocycles. The molecule has 3 amide bonds. The summed E-state index contributed by atoms with van der Waals surface area (Å²) >= 11 is 0. The minimum absolute atomic E-state index is 0.193. The third-order valence-corrected chi connectivity index (χ3v) is 10.1. The number of halogens is 1. The molecule has 0 heterocycles. The van der Waals surface area contributed by atoms with Gasteiger partial charge in [-0.1, -0.05) is 93.6 Å². The maximum atomic E-state index is 14.0. The number of nitrogens with zero attached hydrogens (tertiary/aromatic N) is 1. The lowest BCUT2D eigenvalue weighted by molar-refractivity contribution is -0.140. The van der Waals surface area contributed by atoms with Gasteiger partial charge in [0.15, 0.2) is 0 Å². The van der Waals surface area contributed by atoms with Crippen LogP contribution in [0.4, 0.5) is 4.39 Å². The first-order valence-corrected chi connectivity index (χ1v) is 17.3. The zero-order valence-electron chi connectivity index (χ0n) is 29.9. The van der Waals surface area contributed by atoms with E-state index in [1.165, 1.54) is 17.7 Å². The van der Waals surface area contributed by atoms with Gasteiger partial charge in [0, 0.05) is 30.1 Å². The van der Waals surface area contributed by atoms with Crippen LogP contribution in [0.25, 0.3) is 11.1 Å². The molecule has 0 bridgehead atoms. The summed E-state index contributed by atoms with van der Waals surface area (Å²) in [7, 11) is 3.29. The van der Waals surface area contributed by atoms with Gasteiger partial charge in [-0.2, -0.15) is 0 Å². The Morgan fingerprint density at radius 2 is 1.46 bits per heavy atom. The molecule has 1 aliphatic carbocycles. The number of carbonyl (C=O) groups excluding carboxylic acids is 3. The van der Waals surface area contributed by atoms with Gasteiger partial charge in [0.1, 0.15) is 17.6 Å². The smallest absolute Gasteiger partial charge is 0.252 e. The SMILES string of the molecule is COc1cccc(C(=O)NC2(C)CCC(C)(C(=O)N[C@H](C(=O)N(C)Cc3ccc(F)cc3)c3ccccc3)CC2)c1-c1ccc(C(C)C)cc1. The third kappa shape index (κ3) is 8.24. The second-order valence-electron chi connectivity index (χ2n) is 14.4. The van der Waals surface area contributed by atoms with E-state index in [1.54, 1.807) is 31.2 Å². The van der Waals surface area contributed by atoms with Crippen molar-refractivity contribution in [3.8, 4) is 16.9 Å². The Morgan fingerprint density at radius 3 is 2.06 bits per heavy atom. The van der Waals surface area contributed by atoms with E-state index >= 15 is 0 Å². The number of ether oxygens (including phenoxy) is 1. The number of likely N-dealkylation sites (N-methyl/N-ethyl adjacent to an activating group) is 1. The van der Waals surface area contributed by atoms with Crippen molar-refractivity contribution in [3.05, 3.63) is 125 Å². The van der Waals surface area contributed by atoms with E-state index in [0.29, 0.717) is 48.5 Å². The summed E-state index contributed by atoms with van der Waals surface area (Å²) in [5.41, 5.74) is 3.58. The van der Waals surface area contributed by atoms with Crippen molar-refractivity contribution in [2.24, 2.45) is 5.41 Å². The Balaban J connectivity index is 1.29. The minimum Gasteiger partial charge on any atom is -0.496 e. The van der Waals surface area contributed by atoms with Crippen molar-refractivity contribution in [3.63, 3.8) is 0 Å². The number of amides is 3. The Morgan fingerprint density at radius 1 is 0.820 bits per heavy atom. The van der Waals surface area contributed by atoms with E-state index in [1.807, 2.05) is 74.5 Å². The molecule has 7 nitrogen and oxygen atoms in total. The highest BCUT2D eigenvalue weighted by molar-refractivity contribution is 6.03. The highest BCUT2D eigenvalue weighted by Gasteiger charge is 2.44. The number of benzene rings is 4. The molecule has 0 aromatic heterocycles. The van der Waals surface area contributed by atoms with Crippen molar-refractivity contribution >= 4 is 17.7 Å². The Hall–Kier alpha value is -4.98. The summed E-state index contributed by atoms with van der Waals surface area (Å²) in [6.45, 7) is 8.52. The number of carbonyl (C=O) groups is 3. The fourth-order valence-electron chi connectivity index (χ4n) is 6.67. The molecule has 0 radical (unpaired) electrons. The van der Waals surface area contributed by atoms with E-state index in [4.69, 9.17) is 4.74 Å². The average molecular weight is 678 g/mol. The molecular weight excluding hydrogens is 629 g/mol.